The van der Waals surface area contributed by atoms with Gasteiger partial charge in [-0.25, -0.2) is 8.78 Å². The van der Waals surface area contributed by atoms with Gasteiger partial charge < -0.3 is 5.11 Å². The second-order valence-electron chi connectivity index (χ2n) is 4.98. The van der Waals surface area contributed by atoms with Gasteiger partial charge in [-0.2, -0.15) is 0 Å². The van der Waals surface area contributed by atoms with Crippen LogP contribution in [0.1, 0.15) is 44.6 Å². The summed E-state index contributed by atoms with van der Waals surface area (Å²) >= 11 is 0. The largest absolute Gasteiger partial charge is 0.385 e. The van der Waals surface area contributed by atoms with E-state index in [1.54, 1.807) is 0 Å². The Labute approximate surface area is 100 Å². The van der Waals surface area contributed by atoms with E-state index < -0.39 is 17.2 Å². The van der Waals surface area contributed by atoms with Gasteiger partial charge in [-0.1, -0.05) is 19.4 Å². The fourth-order valence-electron chi connectivity index (χ4n) is 2.76. The van der Waals surface area contributed by atoms with Crippen LogP contribution in [0.5, 0.6) is 0 Å². The molecule has 17 heavy (non-hydrogen) atoms. The van der Waals surface area contributed by atoms with Crippen molar-refractivity contribution in [2.75, 3.05) is 0 Å². The summed E-state index contributed by atoms with van der Waals surface area (Å²) < 4.78 is 27.3. The summed E-state index contributed by atoms with van der Waals surface area (Å²) in [6, 6.07) is 3.75. The van der Waals surface area contributed by atoms with Gasteiger partial charge in [-0.15, -0.1) is 0 Å². The number of benzene rings is 1. The predicted molar refractivity (Wildman–Crippen MR) is 62.5 cm³/mol. The molecule has 1 fully saturated rings. The van der Waals surface area contributed by atoms with E-state index in [0.717, 1.165) is 19.3 Å². The number of aliphatic hydroxyl groups is 1. The summed E-state index contributed by atoms with van der Waals surface area (Å²) in [5, 5.41) is 10.4. The van der Waals surface area contributed by atoms with Crippen molar-refractivity contribution >= 4 is 0 Å². The third-order valence-corrected chi connectivity index (χ3v) is 3.94. The fourth-order valence-corrected chi connectivity index (χ4v) is 2.76. The van der Waals surface area contributed by atoms with Gasteiger partial charge in [0.2, 0.25) is 0 Å². The van der Waals surface area contributed by atoms with Gasteiger partial charge in [0.15, 0.2) is 0 Å². The van der Waals surface area contributed by atoms with Gasteiger partial charge in [-0.05, 0) is 43.7 Å². The maximum Gasteiger partial charge on any atom is 0.132 e. The van der Waals surface area contributed by atoms with E-state index in [0.29, 0.717) is 18.8 Å². The molecule has 0 saturated heterocycles. The Hall–Kier alpha value is -0.960. The molecule has 0 spiro atoms. The molecule has 1 aromatic carbocycles. The second kappa shape index (κ2) is 4.73. The lowest BCUT2D eigenvalue weighted by Gasteiger charge is -2.36. The first-order valence-electron chi connectivity index (χ1n) is 6.23. The molecule has 2 rings (SSSR count). The van der Waals surface area contributed by atoms with Crippen LogP contribution in [0.3, 0.4) is 0 Å². The second-order valence-corrected chi connectivity index (χ2v) is 4.98. The van der Waals surface area contributed by atoms with Crippen molar-refractivity contribution in [3.8, 4) is 0 Å². The highest BCUT2D eigenvalue weighted by Crippen LogP contribution is 2.42. The van der Waals surface area contributed by atoms with Crippen molar-refractivity contribution in [3.05, 3.63) is 35.4 Å². The van der Waals surface area contributed by atoms with Gasteiger partial charge in [-0.3, -0.25) is 0 Å². The molecule has 0 unspecified atom stereocenters. The van der Waals surface area contributed by atoms with E-state index in [9.17, 15) is 13.9 Å². The zero-order valence-corrected chi connectivity index (χ0v) is 10.0. The topological polar surface area (TPSA) is 20.2 Å². The Morgan fingerprint density at radius 2 is 1.76 bits per heavy atom. The molecule has 0 atom stereocenters. The van der Waals surface area contributed by atoms with E-state index in [1.165, 1.54) is 18.2 Å². The summed E-state index contributed by atoms with van der Waals surface area (Å²) in [5.41, 5.74) is -1.46. The van der Waals surface area contributed by atoms with Gasteiger partial charge in [0, 0.05) is 0 Å². The van der Waals surface area contributed by atoms with Gasteiger partial charge in [0.1, 0.15) is 11.6 Å². The van der Waals surface area contributed by atoms with Crippen LogP contribution in [0.25, 0.3) is 0 Å². The van der Waals surface area contributed by atoms with Gasteiger partial charge in [0.25, 0.3) is 0 Å². The van der Waals surface area contributed by atoms with Crippen LogP contribution in [0.2, 0.25) is 0 Å². The summed E-state index contributed by atoms with van der Waals surface area (Å²) in [7, 11) is 0. The molecule has 1 aliphatic rings. The molecule has 94 valence electrons. The highest BCUT2D eigenvalue weighted by molar-refractivity contribution is 5.26. The van der Waals surface area contributed by atoms with Crippen LogP contribution < -0.4 is 0 Å². The monoisotopic (exact) mass is 240 g/mol. The van der Waals surface area contributed by atoms with Crippen molar-refractivity contribution < 1.29 is 13.9 Å². The molecule has 0 bridgehead atoms. The van der Waals surface area contributed by atoms with Crippen LogP contribution in [-0.2, 0) is 5.60 Å². The molecular weight excluding hydrogens is 222 g/mol. The molecule has 0 radical (unpaired) electrons. The molecule has 0 heterocycles. The van der Waals surface area contributed by atoms with Gasteiger partial charge >= 0.3 is 0 Å². The first-order chi connectivity index (χ1) is 8.07. The standard InChI is InChI=1S/C14H18F2O/c1-2-10-6-8-14(17,9-7-10)13-11(15)4-3-5-12(13)16/h3-5,10,17H,2,6-9H2,1H3. The number of hydrogen-bond donors (Lipinski definition) is 1. The van der Waals surface area contributed by atoms with E-state index in [1.807, 2.05) is 0 Å². The van der Waals surface area contributed by atoms with E-state index in [-0.39, 0.29) is 5.56 Å². The third-order valence-electron chi connectivity index (χ3n) is 3.94. The van der Waals surface area contributed by atoms with Crippen molar-refractivity contribution in [3.63, 3.8) is 0 Å². The Bertz CT molecular complexity index is 375. The molecule has 0 aromatic heterocycles. The lowest BCUT2D eigenvalue weighted by atomic mass is 9.74. The van der Waals surface area contributed by atoms with Crippen LogP contribution in [-0.4, -0.2) is 5.11 Å². The quantitative estimate of drug-likeness (QED) is 0.834. The van der Waals surface area contributed by atoms with Crippen molar-refractivity contribution in [2.45, 2.75) is 44.6 Å². The van der Waals surface area contributed by atoms with Crippen molar-refractivity contribution in [1.82, 2.24) is 0 Å². The average Bonchev–Trinajstić information content (AvgIpc) is 2.29. The third kappa shape index (κ3) is 2.34. The van der Waals surface area contributed by atoms with E-state index >= 15 is 0 Å². The highest BCUT2D eigenvalue weighted by atomic mass is 19.1. The molecule has 0 aliphatic heterocycles. The van der Waals surface area contributed by atoms with Gasteiger partial charge in [0.05, 0.1) is 11.2 Å². The molecule has 1 aromatic rings. The minimum Gasteiger partial charge on any atom is -0.385 e. The number of rotatable bonds is 2. The molecule has 0 amide bonds. The lowest BCUT2D eigenvalue weighted by molar-refractivity contribution is -0.0204. The average molecular weight is 240 g/mol. The number of halogens is 2. The normalized spacial score (nSPS) is 29.3. The fraction of sp³-hybridized carbons (Fsp3) is 0.571. The first kappa shape index (κ1) is 12.5. The van der Waals surface area contributed by atoms with Crippen LogP contribution in [0.15, 0.2) is 18.2 Å². The zero-order valence-electron chi connectivity index (χ0n) is 10.0. The van der Waals surface area contributed by atoms with Crippen molar-refractivity contribution in [1.29, 1.82) is 0 Å². The molecule has 1 nitrogen and oxygen atoms in total. The van der Waals surface area contributed by atoms with Crippen LogP contribution >= 0.6 is 0 Å². The SMILES string of the molecule is CCC1CCC(O)(c2c(F)cccc2F)CC1. The lowest BCUT2D eigenvalue weighted by Crippen LogP contribution is -2.33. The predicted octanol–water partition coefficient (Wildman–Crippen LogP) is 3.75. The molecular formula is C14H18F2O. The minimum atomic E-state index is -1.32. The minimum absolute atomic E-state index is 0.144. The Kier molecular flexibility index (Phi) is 3.48. The summed E-state index contributed by atoms with van der Waals surface area (Å²) in [5.74, 6) is -0.699. The highest BCUT2D eigenvalue weighted by Gasteiger charge is 2.38. The Morgan fingerprint density at radius 3 is 2.24 bits per heavy atom. The van der Waals surface area contributed by atoms with Crippen LogP contribution in [0.4, 0.5) is 8.78 Å². The molecule has 1 N–H and O–H groups in total. The van der Waals surface area contributed by atoms with Crippen molar-refractivity contribution in [2.24, 2.45) is 5.92 Å². The van der Waals surface area contributed by atoms with E-state index in [4.69, 9.17) is 0 Å². The molecule has 1 saturated carbocycles. The summed E-state index contributed by atoms with van der Waals surface area (Å²) in [6.07, 6.45) is 3.63. The zero-order chi connectivity index (χ0) is 12.5. The molecule has 1 aliphatic carbocycles. The Balaban J connectivity index is 2.27. The van der Waals surface area contributed by atoms with Crippen LogP contribution in [0, 0.1) is 17.6 Å². The number of hydrogen-bond acceptors (Lipinski definition) is 1. The maximum atomic E-state index is 13.7. The van der Waals surface area contributed by atoms with E-state index in [2.05, 4.69) is 6.92 Å². The summed E-state index contributed by atoms with van der Waals surface area (Å²) in [4.78, 5) is 0. The smallest absolute Gasteiger partial charge is 0.132 e. The first-order valence-corrected chi connectivity index (χ1v) is 6.23. The Morgan fingerprint density at radius 1 is 1.24 bits per heavy atom. The summed E-state index contributed by atoms with van der Waals surface area (Å²) in [6.45, 7) is 2.11. The molecule has 3 heteroatoms. The maximum absolute atomic E-state index is 13.7.